The first-order valence-electron chi connectivity index (χ1n) is 6.69. The molecule has 1 aromatic carbocycles. The highest BCUT2D eigenvalue weighted by Crippen LogP contribution is 2.20. The molecule has 0 aliphatic heterocycles. The van der Waals surface area contributed by atoms with Crippen molar-refractivity contribution in [3.8, 4) is 5.75 Å². The van der Waals surface area contributed by atoms with E-state index in [1.165, 1.54) is 19.5 Å². The fourth-order valence-corrected chi connectivity index (χ4v) is 1.97. The van der Waals surface area contributed by atoms with Crippen LogP contribution in [0.25, 0.3) is 0 Å². The third kappa shape index (κ3) is 3.95. The fraction of sp³-hybridized carbons (Fsp3) is 0.250. The lowest BCUT2D eigenvalue weighted by atomic mass is 10.0. The van der Waals surface area contributed by atoms with Crippen LogP contribution in [0.1, 0.15) is 40.2 Å². The minimum Gasteiger partial charge on any atom is -0.496 e. The van der Waals surface area contributed by atoms with Crippen LogP contribution in [0.5, 0.6) is 5.75 Å². The summed E-state index contributed by atoms with van der Waals surface area (Å²) in [5.41, 5.74) is 0.545. The standard InChI is InChI=1S/C16H16N2O3/c1-21-15-9-3-2-6-12(15)13(19)7-4-8-14(20)16-17-10-5-11-18-16/h2-3,5-6,9-11H,4,7-8H2,1H3. The first-order valence-corrected chi connectivity index (χ1v) is 6.69. The summed E-state index contributed by atoms with van der Waals surface area (Å²) in [4.78, 5) is 31.7. The summed E-state index contributed by atoms with van der Waals surface area (Å²) in [7, 11) is 1.53. The van der Waals surface area contributed by atoms with Gasteiger partial charge in [-0.3, -0.25) is 9.59 Å². The van der Waals surface area contributed by atoms with Crippen molar-refractivity contribution in [3.63, 3.8) is 0 Å². The minimum atomic E-state index is -0.150. The molecule has 5 heteroatoms. The second-order valence-electron chi connectivity index (χ2n) is 4.47. The number of Topliss-reactive ketones (excluding diaryl/α,β-unsaturated/α-hetero) is 2. The highest BCUT2D eigenvalue weighted by atomic mass is 16.5. The zero-order valence-corrected chi connectivity index (χ0v) is 11.8. The number of methoxy groups -OCH3 is 1. The number of carbonyl (C=O) groups excluding carboxylic acids is 2. The number of para-hydroxylation sites is 1. The summed E-state index contributed by atoms with van der Waals surface area (Å²) in [5.74, 6) is 0.570. The van der Waals surface area contributed by atoms with Crippen molar-refractivity contribution in [3.05, 3.63) is 54.1 Å². The van der Waals surface area contributed by atoms with Gasteiger partial charge < -0.3 is 4.74 Å². The second kappa shape index (κ2) is 7.28. The van der Waals surface area contributed by atoms with Gasteiger partial charge in [0.2, 0.25) is 0 Å². The Hall–Kier alpha value is -2.56. The maximum atomic E-state index is 12.1. The molecular weight excluding hydrogens is 268 g/mol. The Labute approximate surface area is 123 Å². The van der Waals surface area contributed by atoms with E-state index in [2.05, 4.69) is 9.97 Å². The van der Waals surface area contributed by atoms with Crippen LogP contribution in [0, 0.1) is 0 Å². The summed E-state index contributed by atoms with van der Waals surface area (Å²) in [6.45, 7) is 0. The van der Waals surface area contributed by atoms with Crippen molar-refractivity contribution in [1.29, 1.82) is 0 Å². The number of ether oxygens (including phenoxy) is 1. The van der Waals surface area contributed by atoms with Gasteiger partial charge in [0, 0.05) is 25.2 Å². The van der Waals surface area contributed by atoms with Crippen LogP contribution in [0.3, 0.4) is 0 Å². The summed E-state index contributed by atoms with van der Waals surface area (Å²) in [6, 6.07) is 8.73. The van der Waals surface area contributed by atoms with Crippen molar-refractivity contribution in [2.75, 3.05) is 7.11 Å². The van der Waals surface area contributed by atoms with Crippen LogP contribution in [-0.2, 0) is 0 Å². The SMILES string of the molecule is COc1ccccc1C(=O)CCCC(=O)c1ncccn1. The van der Waals surface area contributed by atoms with E-state index >= 15 is 0 Å². The first-order chi connectivity index (χ1) is 10.2. The molecule has 0 unspecified atom stereocenters. The van der Waals surface area contributed by atoms with Crippen LogP contribution in [-0.4, -0.2) is 28.6 Å². The van der Waals surface area contributed by atoms with Gasteiger partial charge in [-0.25, -0.2) is 9.97 Å². The molecular formula is C16H16N2O3. The van der Waals surface area contributed by atoms with E-state index in [-0.39, 0.29) is 23.8 Å². The number of benzene rings is 1. The Bertz CT molecular complexity index is 626. The molecule has 0 N–H and O–H groups in total. The molecule has 0 radical (unpaired) electrons. The van der Waals surface area contributed by atoms with Gasteiger partial charge in [0.25, 0.3) is 0 Å². The molecule has 0 saturated heterocycles. The lowest BCUT2D eigenvalue weighted by Crippen LogP contribution is -2.07. The van der Waals surface area contributed by atoms with Gasteiger partial charge in [-0.05, 0) is 24.6 Å². The summed E-state index contributed by atoms with van der Waals surface area (Å²) >= 11 is 0. The molecule has 1 aromatic heterocycles. The van der Waals surface area contributed by atoms with E-state index in [4.69, 9.17) is 4.74 Å². The molecule has 0 aliphatic carbocycles. The van der Waals surface area contributed by atoms with E-state index < -0.39 is 0 Å². The quantitative estimate of drug-likeness (QED) is 0.731. The maximum Gasteiger partial charge on any atom is 0.200 e. The molecule has 0 atom stereocenters. The molecule has 5 nitrogen and oxygen atoms in total. The maximum absolute atomic E-state index is 12.1. The van der Waals surface area contributed by atoms with Crippen molar-refractivity contribution < 1.29 is 14.3 Å². The van der Waals surface area contributed by atoms with E-state index in [1.54, 1.807) is 24.3 Å². The molecule has 21 heavy (non-hydrogen) atoms. The monoisotopic (exact) mass is 284 g/mol. The molecule has 0 amide bonds. The minimum absolute atomic E-state index is 0.0331. The molecule has 2 rings (SSSR count). The van der Waals surface area contributed by atoms with Gasteiger partial charge in [0.1, 0.15) is 5.75 Å². The zero-order valence-electron chi connectivity index (χ0n) is 11.8. The van der Waals surface area contributed by atoms with Crippen LogP contribution in [0.2, 0.25) is 0 Å². The predicted octanol–water partition coefficient (Wildman–Crippen LogP) is 2.72. The zero-order chi connectivity index (χ0) is 15.1. The van der Waals surface area contributed by atoms with E-state index in [1.807, 2.05) is 6.07 Å². The predicted molar refractivity (Wildman–Crippen MR) is 77.5 cm³/mol. The van der Waals surface area contributed by atoms with Crippen molar-refractivity contribution in [1.82, 2.24) is 9.97 Å². The molecule has 0 aliphatic rings. The summed E-state index contributed by atoms with van der Waals surface area (Å²) in [5, 5.41) is 0. The lowest BCUT2D eigenvalue weighted by molar-refractivity contribution is 0.0950. The molecule has 1 heterocycles. The topological polar surface area (TPSA) is 69.2 Å². The van der Waals surface area contributed by atoms with E-state index in [0.29, 0.717) is 24.2 Å². The van der Waals surface area contributed by atoms with Crippen LogP contribution < -0.4 is 4.74 Å². The first kappa shape index (κ1) is 14.8. The van der Waals surface area contributed by atoms with Gasteiger partial charge in [0.05, 0.1) is 12.7 Å². The Balaban J connectivity index is 1.89. The van der Waals surface area contributed by atoms with Crippen LogP contribution in [0.15, 0.2) is 42.7 Å². The van der Waals surface area contributed by atoms with Crippen molar-refractivity contribution in [2.45, 2.75) is 19.3 Å². The number of aromatic nitrogens is 2. The molecule has 0 fully saturated rings. The third-order valence-corrected chi connectivity index (χ3v) is 3.03. The Morgan fingerprint density at radius 1 is 1.00 bits per heavy atom. The number of nitrogens with zero attached hydrogens (tertiary/aromatic N) is 2. The van der Waals surface area contributed by atoms with E-state index in [9.17, 15) is 9.59 Å². The van der Waals surface area contributed by atoms with Crippen molar-refractivity contribution in [2.24, 2.45) is 0 Å². The fourth-order valence-electron chi connectivity index (χ4n) is 1.97. The average molecular weight is 284 g/mol. The Morgan fingerprint density at radius 3 is 2.38 bits per heavy atom. The van der Waals surface area contributed by atoms with Crippen LogP contribution in [0.4, 0.5) is 0 Å². The number of carbonyl (C=O) groups is 2. The highest BCUT2D eigenvalue weighted by Gasteiger charge is 2.13. The summed E-state index contributed by atoms with van der Waals surface area (Å²) in [6.07, 6.45) is 4.07. The highest BCUT2D eigenvalue weighted by molar-refractivity contribution is 5.99. The molecule has 108 valence electrons. The summed E-state index contributed by atoms with van der Waals surface area (Å²) < 4.78 is 5.16. The number of rotatable bonds is 7. The normalized spacial score (nSPS) is 10.1. The van der Waals surface area contributed by atoms with Gasteiger partial charge in [-0.1, -0.05) is 12.1 Å². The van der Waals surface area contributed by atoms with E-state index in [0.717, 1.165) is 0 Å². The largest absolute Gasteiger partial charge is 0.496 e. The Morgan fingerprint density at radius 2 is 1.67 bits per heavy atom. The Kier molecular flexibility index (Phi) is 5.15. The number of hydrogen-bond acceptors (Lipinski definition) is 5. The molecule has 0 bridgehead atoms. The number of ketones is 2. The average Bonchev–Trinajstić information content (AvgIpc) is 2.55. The molecule has 0 spiro atoms. The van der Waals surface area contributed by atoms with Gasteiger partial charge in [-0.15, -0.1) is 0 Å². The van der Waals surface area contributed by atoms with Crippen molar-refractivity contribution >= 4 is 11.6 Å². The molecule has 0 saturated carbocycles. The van der Waals surface area contributed by atoms with Gasteiger partial charge in [-0.2, -0.15) is 0 Å². The third-order valence-electron chi connectivity index (χ3n) is 3.03. The number of hydrogen-bond donors (Lipinski definition) is 0. The van der Waals surface area contributed by atoms with Crippen LogP contribution >= 0.6 is 0 Å². The lowest BCUT2D eigenvalue weighted by Gasteiger charge is -2.06. The van der Waals surface area contributed by atoms with Gasteiger partial charge >= 0.3 is 0 Å². The second-order valence-corrected chi connectivity index (χ2v) is 4.47. The molecule has 2 aromatic rings. The smallest absolute Gasteiger partial charge is 0.200 e. The van der Waals surface area contributed by atoms with Gasteiger partial charge in [0.15, 0.2) is 17.4 Å².